The van der Waals surface area contributed by atoms with Crippen LogP contribution in [0.3, 0.4) is 0 Å². The van der Waals surface area contributed by atoms with Crippen LogP contribution in [0.5, 0.6) is 5.75 Å². The molecule has 2 N–H and O–H groups in total. The van der Waals surface area contributed by atoms with E-state index in [-0.39, 0.29) is 24.5 Å². The maximum atomic E-state index is 13.2. The van der Waals surface area contributed by atoms with E-state index in [0.717, 1.165) is 24.8 Å². The van der Waals surface area contributed by atoms with Crippen molar-refractivity contribution in [2.24, 2.45) is 5.92 Å². The number of para-hydroxylation sites is 1. The van der Waals surface area contributed by atoms with Crippen LogP contribution in [0.15, 0.2) is 42.5 Å². The Morgan fingerprint density at radius 3 is 2.72 bits per heavy atom. The maximum Gasteiger partial charge on any atom is 0.259 e. The number of anilines is 1. The van der Waals surface area contributed by atoms with Crippen molar-refractivity contribution in [2.75, 3.05) is 18.5 Å². The molecule has 0 aromatic heterocycles. The number of rotatable bonds is 7. The van der Waals surface area contributed by atoms with Crippen LogP contribution in [-0.2, 0) is 6.54 Å². The van der Waals surface area contributed by atoms with Crippen LogP contribution < -0.4 is 10.1 Å². The first-order valence-corrected chi connectivity index (χ1v) is 10.2. The first kappa shape index (κ1) is 19.5. The predicted molar refractivity (Wildman–Crippen MR) is 110 cm³/mol. The minimum Gasteiger partial charge on any atom is -0.493 e. The topological polar surface area (TPSA) is 78.9 Å². The Kier molecular flexibility index (Phi) is 5.53. The van der Waals surface area contributed by atoms with Crippen LogP contribution in [0.4, 0.5) is 5.69 Å². The second-order valence-electron chi connectivity index (χ2n) is 7.60. The fourth-order valence-corrected chi connectivity index (χ4v) is 4.21. The Morgan fingerprint density at radius 1 is 1.24 bits per heavy atom. The summed E-state index contributed by atoms with van der Waals surface area (Å²) >= 11 is 0. The number of nitrogens with zero attached hydrogens (tertiary/aromatic N) is 1. The number of amides is 2. The molecule has 1 saturated carbocycles. The quantitative estimate of drug-likeness (QED) is 0.754. The molecule has 0 radical (unpaired) electrons. The van der Waals surface area contributed by atoms with E-state index in [9.17, 15) is 14.7 Å². The van der Waals surface area contributed by atoms with Crippen LogP contribution in [0.2, 0.25) is 0 Å². The number of ether oxygens (including phenoxy) is 1. The van der Waals surface area contributed by atoms with E-state index in [4.69, 9.17) is 4.74 Å². The number of carbonyl (C=O) groups is 2. The molecule has 1 aliphatic carbocycles. The third-order valence-corrected chi connectivity index (χ3v) is 5.93. The highest BCUT2D eigenvalue weighted by Gasteiger charge is 2.39. The van der Waals surface area contributed by atoms with Crippen molar-refractivity contribution in [1.29, 1.82) is 0 Å². The number of aliphatic hydroxyl groups is 1. The predicted octanol–water partition coefficient (Wildman–Crippen LogP) is 3.45. The smallest absolute Gasteiger partial charge is 0.259 e. The molecular formula is C23H26N2O4. The largest absolute Gasteiger partial charge is 0.493 e. The monoisotopic (exact) mass is 394 g/mol. The second kappa shape index (κ2) is 8.25. The molecule has 4 rings (SSSR count). The summed E-state index contributed by atoms with van der Waals surface area (Å²) in [7, 11) is 0. The maximum absolute atomic E-state index is 13.2. The van der Waals surface area contributed by atoms with E-state index in [1.54, 1.807) is 29.2 Å². The molecule has 152 valence electrons. The average molecular weight is 394 g/mol. The molecule has 2 aromatic carbocycles. The van der Waals surface area contributed by atoms with Crippen molar-refractivity contribution in [3.63, 3.8) is 0 Å². The molecule has 1 fully saturated rings. The molecule has 2 aliphatic rings. The van der Waals surface area contributed by atoms with Crippen molar-refractivity contribution in [3.05, 3.63) is 59.2 Å². The fourth-order valence-electron chi connectivity index (χ4n) is 4.21. The number of nitrogens with one attached hydrogen (secondary N) is 1. The van der Waals surface area contributed by atoms with E-state index in [2.05, 4.69) is 5.32 Å². The second-order valence-corrected chi connectivity index (χ2v) is 7.60. The van der Waals surface area contributed by atoms with Crippen LogP contribution in [0, 0.1) is 5.92 Å². The number of carbonyl (C=O) groups excluding carboxylic acids is 2. The van der Waals surface area contributed by atoms with Crippen molar-refractivity contribution < 1.29 is 19.4 Å². The number of benzene rings is 2. The van der Waals surface area contributed by atoms with Gasteiger partial charge in [0.1, 0.15) is 5.75 Å². The van der Waals surface area contributed by atoms with E-state index in [1.807, 2.05) is 25.1 Å². The van der Waals surface area contributed by atoms with Crippen molar-refractivity contribution in [2.45, 2.75) is 38.8 Å². The lowest BCUT2D eigenvalue weighted by atomic mass is 9.79. The Morgan fingerprint density at radius 2 is 2.03 bits per heavy atom. The molecule has 1 atom stereocenters. The molecule has 29 heavy (non-hydrogen) atoms. The highest BCUT2D eigenvalue weighted by atomic mass is 16.5. The lowest BCUT2D eigenvalue weighted by Gasteiger charge is -2.38. The van der Waals surface area contributed by atoms with Gasteiger partial charge in [-0.25, -0.2) is 0 Å². The number of aliphatic hydroxyl groups excluding tert-OH is 1. The summed E-state index contributed by atoms with van der Waals surface area (Å²) in [5, 5.41) is 12.8. The van der Waals surface area contributed by atoms with Gasteiger partial charge in [-0.2, -0.15) is 0 Å². The molecule has 1 aliphatic heterocycles. The summed E-state index contributed by atoms with van der Waals surface area (Å²) in [6.07, 6.45) is 3.24. The molecular weight excluding hydrogens is 368 g/mol. The summed E-state index contributed by atoms with van der Waals surface area (Å²) < 4.78 is 5.55. The van der Waals surface area contributed by atoms with E-state index in [0.29, 0.717) is 41.6 Å². The summed E-state index contributed by atoms with van der Waals surface area (Å²) in [6, 6.07) is 12.4. The van der Waals surface area contributed by atoms with Gasteiger partial charge in [0.2, 0.25) is 0 Å². The van der Waals surface area contributed by atoms with Gasteiger partial charge < -0.3 is 20.1 Å². The van der Waals surface area contributed by atoms with Crippen molar-refractivity contribution in [1.82, 2.24) is 4.90 Å². The highest BCUT2D eigenvalue weighted by Crippen LogP contribution is 2.37. The lowest BCUT2D eigenvalue weighted by molar-refractivity contribution is 0.0364. The molecule has 2 aromatic rings. The van der Waals surface area contributed by atoms with Crippen LogP contribution >= 0.6 is 0 Å². The van der Waals surface area contributed by atoms with E-state index >= 15 is 0 Å². The Balaban J connectivity index is 1.59. The van der Waals surface area contributed by atoms with E-state index < -0.39 is 0 Å². The van der Waals surface area contributed by atoms with Crippen molar-refractivity contribution >= 4 is 17.5 Å². The van der Waals surface area contributed by atoms with Gasteiger partial charge in [0.05, 0.1) is 36.1 Å². The van der Waals surface area contributed by atoms with Gasteiger partial charge in [-0.05, 0) is 49.4 Å². The first-order valence-electron chi connectivity index (χ1n) is 10.2. The van der Waals surface area contributed by atoms with Crippen LogP contribution in [0.25, 0.3) is 0 Å². The minimum atomic E-state index is -0.314. The zero-order valence-corrected chi connectivity index (χ0v) is 16.6. The zero-order valence-electron chi connectivity index (χ0n) is 16.6. The number of hydrogen-bond acceptors (Lipinski definition) is 4. The van der Waals surface area contributed by atoms with Gasteiger partial charge in [0, 0.05) is 6.54 Å². The molecule has 1 heterocycles. The summed E-state index contributed by atoms with van der Waals surface area (Å²) in [5.74, 6) is 0.430. The molecule has 0 saturated heterocycles. The van der Waals surface area contributed by atoms with E-state index in [1.165, 1.54) is 0 Å². The molecule has 0 bridgehead atoms. The standard InChI is InChI=1S/C23H26N2O4/c1-2-29-20-12-4-3-10-17(20)22(27)24-18-11-6-9-16-13-25(23(28)21(16)18)19(14-26)15-7-5-8-15/h3-4,6,9-12,15,19,26H,2,5,7-8,13-14H2,1H3,(H,24,27)/t19-/m1/s1. The van der Waals surface area contributed by atoms with Crippen LogP contribution in [-0.4, -0.2) is 41.1 Å². The third kappa shape index (κ3) is 3.60. The SMILES string of the molecule is CCOc1ccccc1C(=O)Nc1cccc2c1C(=O)N([C@H](CO)C1CCC1)C2. The molecule has 2 amide bonds. The number of hydrogen-bond donors (Lipinski definition) is 2. The molecule has 0 unspecified atom stereocenters. The Bertz CT molecular complexity index is 923. The number of fused-ring (bicyclic) bond motifs is 1. The van der Waals surface area contributed by atoms with Gasteiger partial charge in [0.25, 0.3) is 11.8 Å². The highest BCUT2D eigenvalue weighted by molar-refractivity contribution is 6.11. The van der Waals surface area contributed by atoms with Crippen LogP contribution in [0.1, 0.15) is 52.5 Å². The van der Waals surface area contributed by atoms with Gasteiger partial charge in [0.15, 0.2) is 0 Å². The third-order valence-electron chi connectivity index (χ3n) is 5.93. The van der Waals surface area contributed by atoms with Gasteiger partial charge in [-0.3, -0.25) is 9.59 Å². The Labute approximate surface area is 170 Å². The zero-order chi connectivity index (χ0) is 20.4. The first-order chi connectivity index (χ1) is 14.1. The average Bonchev–Trinajstić information content (AvgIpc) is 3.02. The van der Waals surface area contributed by atoms with Crippen molar-refractivity contribution in [3.8, 4) is 5.75 Å². The normalized spacial score (nSPS) is 16.9. The van der Waals surface area contributed by atoms with Gasteiger partial charge in [-0.1, -0.05) is 30.7 Å². The summed E-state index contributed by atoms with van der Waals surface area (Å²) in [6.45, 7) is 2.76. The van der Waals surface area contributed by atoms with Gasteiger partial charge >= 0.3 is 0 Å². The summed E-state index contributed by atoms with van der Waals surface area (Å²) in [4.78, 5) is 27.8. The summed E-state index contributed by atoms with van der Waals surface area (Å²) in [5.41, 5.74) is 2.32. The molecule has 0 spiro atoms. The molecule has 6 heteroatoms. The lowest BCUT2D eigenvalue weighted by Crippen LogP contribution is -2.45. The van der Waals surface area contributed by atoms with Gasteiger partial charge in [-0.15, -0.1) is 0 Å². The Hall–Kier alpha value is -2.86. The molecule has 6 nitrogen and oxygen atoms in total. The fraction of sp³-hybridized carbons (Fsp3) is 0.391. The minimum absolute atomic E-state index is 0.0339.